The molecule has 262 valence electrons. The van der Waals surface area contributed by atoms with Gasteiger partial charge in [-0.2, -0.15) is 0 Å². The fraction of sp³-hybridized carbons (Fsp3) is 0.267. The molecule has 1 saturated heterocycles. The normalized spacial score (nSPS) is 18.2. The monoisotopic (exact) mass is 688 g/mol. The lowest BCUT2D eigenvalue weighted by Crippen LogP contribution is -2.53. The fourth-order valence-electron chi connectivity index (χ4n) is 8.32. The van der Waals surface area contributed by atoms with E-state index in [1.54, 1.807) is 0 Å². The van der Waals surface area contributed by atoms with Gasteiger partial charge < -0.3 is 9.13 Å². The number of rotatable bonds is 8. The summed E-state index contributed by atoms with van der Waals surface area (Å²) in [5, 5.41) is 9.53. The first-order valence-electron chi connectivity index (χ1n) is 18.6. The zero-order valence-corrected chi connectivity index (χ0v) is 30.4. The molecule has 1 aliphatic heterocycles. The Morgan fingerprint density at radius 3 is 1.40 bits per heavy atom. The summed E-state index contributed by atoms with van der Waals surface area (Å²) in [5.74, 6) is -1.13. The highest BCUT2D eigenvalue weighted by Crippen LogP contribution is 2.40. The van der Waals surface area contributed by atoms with Crippen LogP contribution in [0.2, 0.25) is 0 Å². The van der Waals surface area contributed by atoms with Gasteiger partial charge in [0, 0.05) is 70.5 Å². The molecule has 0 spiro atoms. The molecule has 1 aliphatic carbocycles. The van der Waals surface area contributed by atoms with Crippen molar-refractivity contribution in [2.24, 2.45) is 0 Å². The summed E-state index contributed by atoms with van der Waals surface area (Å²) in [6, 6.07) is 25.2. The molecule has 1 saturated carbocycles. The van der Waals surface area contributed by atoms with Crippen molar-refractivity contribution in [3.05, 3.63) is 118 Å². The second-order valence-electron chi connectivity index (χ2n) is 14.1. The van der Waals surface area contributed by atoms with Crippen molar-refractivity contribution in [3.63, 3.8) is 0 Å². The van der Waals surface area contributed by atoms with E-state index in [1.807, 2.05) is 0 Å². The van der Waals surface area contributed by atoms with E-state index in [9.17, 15) is 14.4 Å². The highest BCUT2D eigenvalue weighted by Gasteiger charge is 2.42. The van der Waals surface area contributed by atoms with Gasteiger partial charge in [0.1, 0.15) is 5.57 Å². The second kappa shape index (κ2) is 13.5. The van der Waals surface area contributed by atoms with Crippen LogP contribution in [0.1, 0.15) is 52.4 Å². The Morgan fingerprint density at radius 2 is 0.981 bits per heavy atom. The number of nitrogens with zero attached hydrogens (tertiary/aromatic N) is 4. The maximum atomic E-state index is 13.9. The average molecular weight is 689 g/mol. The third-order valence-corrected chi connectivity index (χ3v) is 11.0. The standard InChI is InChI=1S/C45H44N4O3/c1-5-7-27-48-35(33-17-9-13-29-15-11-19-37(48)40(29)33)25-23-31-21-22-32(39(31)42-43(50)46(3)45(52)47(4)44(42)51)24-26-36-34-18-10-14-30-16-12-20-38(41(30)34)49(36)28-8-6-2/h9-20,23-26H,5-8,21-22,27-28H2,1-4H3/b31-23-,32-24+,35-25+,36-26+. The molecule has 4 amide bonds. The summed E-state index contributed by atoms with van der Waals surface area (Å²) in [6.45, 7) is 6.20. The molecule has 2 fully saturated rings. The van der Waals surface area contributed by atoms with Gasteiger partial charge in [-0.15, -0.1) is 0 Å². The van der Waals surface area contributed by atoms with E-state index in [1.165, 1.54) is 57.4 Å². The number of likely N-dealkylation sites (N-methyl/N-ethyl adjacent to an activating group) is 2. The first-order chi connectivity index (χ1) is 25.3. The van der Waals surface area contributed by atoms with Crippen molar-refractivity contribution < 1.29 is 14.4 Å². The highest BCUT2D eigenvalue weighted by atomic mass is 16.2. The number of hydrogen-bond donors (Lipinski definition) is 0. The molecule has 6 aromatic rings. The lowest BCUT2D eigenvalue weighted by atomic mass is 9.95. The molecular weight excluding hydrogens is 645 g/mol. The molecule has 2 aromatic heterocycles. The minimum Gasteiger partial charge on any atom is -0.340 e. The number of barbiturate groups is 1. The van der Waals surface area contributed by atoms with Crippen LogP contribution in [0.15, 0.2) is 107 Å². The maximum absolute atomic E-state index is 13.9. The number of aromatic nitrogens is 2. The number of imide groups is 2. The number of hydrogen-bond acceptors (Lipinski definition) is 3. The Morgan fingerprint density at radius 1 is 0.558 bits per heavy atom. The van der Waals surface area contributed by atoms with Gasteiger partial charge >= 0.3 is 6.03 Å². The van der Waals surface area contributed by atoms with Crippen LogP contribution in [0, 0.1) is 0 Å². The number of aryl methyl sites for hydroxylation is 2. The molecule has 0 N–H and O–H groups in total. The van der Waals surface area contributed by atoms with E-state index >= 15 is 0 Å². The smallest absolute Gasteiger partial charge is 0.333 e. The summed E-state index contributed by atoms with van der Waals surface area (Å²) in [4.78, 5) is 42.7. The van der Waals surface area contributed by atoms with Gasteiger partial charge in [0.05, 0.1) is 0 Å². The van der Waals surface area contributed by atoms with E-state index in [-0.39, 0.29) is 5.57 Å². The summed E-state index contributed by atoms with van der Waals surface area (Å²) >= 11 is 0. The van der Waals surface area contributed by atoms with Crippen molar-refractivity contribution in [2.45, 2.75) is 65.5 Å². The third kappa shape index (κ3) is 5.29. The summed E-state index contributed by atoms with van der Waals surface area (Å²) in [5.41, 5.74) is 4.95. The van der Waals surface area contributed by atoms with Crippen molar-refractivity contribution in [3.8, 4) is 0 Å². The largest absolute Gasteiger partial charge is 0.340 e. The van der Waals surface area contributed by atoms with Gasteiger partial charge in [0.2, 0.25) is 0 Å². The first kappa shape index (κ1) is 33.5. The van der Waals surface area contributed by atoms with Crippen LogP contribution in [0.25, 0.3) is 55.5 Å². The summed E-state index contributed by atoms with van der Waals surface area (Å²) < 4.78 is 4.81. The van der Waals surface area contributed by atoms with Gasteiger partial charge in [-0.3, -0.25) is 19.4 Å². The molecule has 0 atom stereocenters. The average Bonchev–Trinajstić information content (AvgIpc) is 3.81. The molecule has 8 rings (SSSR count). The van der Waals surface area contributed by atoms with Gasteiger partial charge in [0.15, 0.2) is 0 Å². The van der Waals surface area contributed by atoms with Gasteiger partial charge in [-0.1, -0.05) is 99.5 Å². The van der Waals surface area contributed by atoms with Crippen molar-refractivity contribution in [1.82, 2.24) is 18.9 Å². The molecule has 0 bridgehead atoms. The molecule has 52 heavy (non-hydrogen) atoms. The van der Waals surface area contributed by atoms with Crippen LogP contribution in [0.4, 0.5) is 4.79 Å². The SMILES string of the molecule is CCCCn1/c(=C/C=C2/CC/C(=C\C=c3/c4cccc5cccc(c54)n3CCCC)C2=C2C(=O)N(C)C(=O)N(C)C2=O)c2cccc3cccc1c32. The van der Waals surface area contributed by atoms with Crippen molar-refractivity contribution >= 4 is 73.3 Å². The Kier molecular flexibility index (Phi) is 8.66. The molecule has 2 aliphatic rings. The number of urea groups is 1. The number of allylic oxidation sites excluding steroid dienone is 5. The van der Waals surface area contributed by atoms with Crippen LogP contribution in [0.5, 0.6) is 0 Å². The Bertz CT molecular complexity index is 2460. The number of amides is 4. The molecule has 4 aromatic carbocycles. The quantitative estimate of drug-likeness (QED) is 0.120. The van der Waals surface area contributed by atoms with Gasteiger partial charge in [-0.25, -0.2) is 4.79 Å². The van der Waals surface area contributed by atoms with Crippen LogP contribution in [-0.4, -0.2) is 50.9 Å². The Balaban J connectivity index is 1.36. The summed E-state index contributed by atoms with van der Waals surface area (Å²) in [6.07, 6.45) is 14.1. The lowest BCUT2D eigenvalue weighted by molar-refractivity contribution is -0.134. The molecule has 0 radical (unpaired) electrons. The van der Waals surface area contributed by atoms with Crippen LogP contribution in [-0.2, 0) is 22.7 Å². The number of carbonyl (C=O) groups excluding carboxylic acids is 3. The number of carbonyl (C=O) groups is 3. The van der Waals surface area contributed by atoms with E-state index in [0.717, 1.165) is 70.4 Å². The van der Waals surface area contributed by atoms with Crippen molar-refractivity contribution in [2.75, 3.05) is 14.1 Å². The summed E-state index contributed by atoms with van der Waals surface area (Å²) in [7, 11) is 2.90. The van der Waals surface area contributed by atoms with Crippen LogP contribution >= 0.6 is 0 Å². The Hall–Kier alpha value is -5.69. The van der Waals surface area contributed by atoms with Gasteiger partial charge in [0.25, 0.3) is 11.8 Å². The van der Waals surface area contributed by atoms with Crippen LogP contribution in [0.3, 0.4) is 0 Å². The molecular formula is C45H44N4O3. The minimum absolute atomic E-state index is 0.0516. The molecule has 0 unspecified atom stereocenters. The molecule has 7 heteroatoms. The zero-order valence-electron chi connectivity index (χ0n) is 30.4. The van der Waals surface area contributed by atoms with E-state index in [0.29, 0.717) is 18.4 Å². The maximum Gasteiger partial charge on any atom is 0.333 e. The molecule has 3 heterocycles. The van der Waals surface area contributed by atoms with Crippen LogP contribution < -0.4 is 10.7 Å². The zero-order chi connectivity index (χ0) is 36.1. The minimum atomic E-state index is -0.621. The molecule has 7 nitrogen and oxygen atoms in total. The van der Waals surface area contributed by atoms with E-state index in [4.69, 9.17) is 0 Å². The first-order valence-corrected chi connectivity index (χ1v) is 18.6. The second-order valence-corrected chi connectivity index (χ2v) is 14.1. The topological polar surface area (TPSA) is 67.6 Å². The van der Waals surface area contributed by atoms with E-state index in [2.05, 4.69) is 120 Å². The predicted molar refractivity (Wildman–Crippen MR) is 211 cm³/mol. The van der Waals surface area contributed by atoms with Crippen molar-refractivity contribution in [1.29, 1.82) is 0 Å². The van der Waals surface area contributed by atoms with E-state index < -0.39 is 17.8 Å². The Labute approximate surface area is 303 Å². The number of unbranched alkanes of at least 4 members (excludes halogenated alkanes) is 2. The predicted octanol–water partition coefficient (Wildman–Crippen LogP) is 8.20. The fourth-order valence-corrected chi connectivity index (χ4v) is 8.32. The lowest BCUT2D eigenvalue weighted by Gasteiger charge is -2.30. The third-order valence-electron chi connectivity index (χ3n) is 11.0. The highest BCUT2D eigenvalue weighted by molar-refractivity contribution is 6.29. The van der Waals surface area contributed by atoms with Gasteiger partial charge in [-0.05, 0) is 77.5 Å². The number of benzene rings is 4.